The maximum Gasteiger partial charge on any atom is 0.170 e. The van der Waals surface area contributed by atoms with Gasteiger partial charge in [0.25, 0.3) is 0 Å². The van der Waals surface area contributed by atoms with E-state index in [1.807, 2.05) is 42.5 Å². The minimum atomic E-state index is 0.700. The molecule has 0 atom stereocenters. The summed E-state index contributed by atoms with van der Waals surface area (Å²) in [6.07, 6.45) is 0. The number of halogens is 1. The molecular formula is C18H16ClNO2S. The molecule has 0 radical (unpaired) electrons. The number of thiazole rings is 1. The molecule has 0 aliphatic carbocycles. The Hall–Kier alpha value is -2.04. The zero-order chi connectivity index (χ0) is 16.4. The van der Waals surface area contributed by atoms with Gasteiger partial charge in [-0.1, -0.05) is 29.8 Å². The summed E-state index contributed by atoms with van der Waals surface area (Å²) in [7, 11) is 3.27. The number of aryl methyl sites for hydroxylation is 1. The third kappa shape index (κ3) is 3.05. The molecule has 0 aliphatic heterocycles. The first-order valence-corrected chi connectivity index (χ1v) is 8.28. The normalized spacial score (nSPS) is 10.6. The van der Waals surface area contributed by atoms with Gasteiger partial charge in [-0.15, -0.1) is 11.3 Å². The predicted octanol–water partition coefficient (Wildman–Crippen LogP) is 5.46. The summed E-state index contributed by atoms with van der Waals surface area (Å²) < 4.78 is 10.9. The van der Waals surface area contributed by atoms with Gasteiger partial charge in [-0.25, -0.2) is 4.98 Å². The summed E-state index contributed by atoms with van der Waals surface area (Å²) in [5.41, 5.74) is 2.95. The van der Waals surface area contributed by atoms with Gasteiger partial charge in [0, 0.05) is 15.5 Å². The smallest absolute Gasteiger partial charge is 0.170 e. The van der Waals surface area contributed by atoms with Crippen LogP contribution in [-0.4, -0.2) is 19.2 Å². The van der Waals surface area contributed by atoms with Crippen LogP contribution in [0.2, 0.25) is 5.02 Å². The van der Waals surface area contributed by atoms with Crippen molar-refractivity contribution >= 4 is 22.9 Å². The standard InChI is InChI=1S/C18H16ClNO2S/c1-11-16(12-7-9-13(19)10-8-12)20-18(23-11)14-5-4-6-15(21-2)17(14)22-3/h4-10H,1-3H3. The highest BCUT2D eigenvalue weighted by Gasteiger charge is 2.17. The van der Waals surface area contributed by atoms with Crippen molar-refractivity contribution in [2.45, 2.75) is 6.92 Å². The molecular weight excluding hydrogens is 330 g/mol. The molecule has 0 aliphatic rings. The number of rotatable bonds is 4. The number of ether oxygens (including phenoxy) is 2. The van der Waals surface area contributed by atoms with Crippen molar-refractivity contribution in [3.8, 4) is 33.3 Å². The SMILES string of the molecule is COc1cccc(-c2nc(-c3ccc(Cl)cc3)c(C)s2)c1OC. The van der Waals surface area contributed by atoms with Crippen LogP contribution in [0.4, 0.5) is 0 Å². The summed E-state index contributed by atoms with van der Waals surface area (Å²) >= 11 is 7.60. The summed E-state index contributed by atoms with van der Waals surface area (Å²) in [6, 6.07) is 13.5. The lowest BCUT2D eigenvalue weighted by atomic mass is 10.1. The second-order valence-corrected chi connectivity index (χ2v) is 6.61. The van der Waals surface area contributed by atoms with Crippen molar-refractivity contribution in [3.05, 3.63) is 52.4 Å². The Bertz CT molecular complexity index is 828. The number of nitrogens with zero attached hydrogens (tertiary/aromatic N) is 1. The van der Waals surface area contributed by atoms with Crippen LogP contribution in [0.3, 0.4) is 0 Å². The molecule has 3 aromatic rings. The Morgan fingerprint density at radius 3 is 2.39 bits per heavy atom. The van der Waals surface area contributed by atoms with Gasteiger partial charge in [-0.3, -0.25) is 0 Å². The first-order valence-electron chi connectivity index (χ1n) is 7.08. The first-order chi connectivity index (χ1) is 11.1. The average molecular weight is 346 g/mol. The van der Waals surface area contributed by atoms with Crippen molar-refractivity contribution in [1.29, 1.82) is 0 Å². The Balaban J connectivity index is 2.09. The molecule has 0 fully saturated rings. The molecule has 0 N–H and O–H groups in total. The van der Waals surface area contributed by atoms with E-state index >= 15 is 0 Å². The molecule has 0 bridgehead atoms. The molecule has 118 valence electrons. The summed E-state index contributed by atoms with van der Waals surface area (Å²) in [5, 5.41) is 1.62. The van der Waals surface area contributed by atoms with Crippen LogP contribution in [0.5, 0.6) is 11.5 Å². The van der Waals surface area contributed by atoms with Crippen LogP contribution in [0.1, 0.15) is 4.88 Å². The van der Waals surface area contributed by atoms with E-state index in [-0.39, 0.29) is 0 Å². The van der Waals surface area contributed by atoms with E-state index in [1.54, 1.807) is 25.6 Å². The molecule has 0 unspecified atom stereocenters. The van der Waals surface area contributed by atoms with Crippen molar-refractivity contribution < 1.29 is 9.47 Å². The zero-order valence-electron chi connectivity index (χ0n) is 13.1. The van der Waals surface area contributed by atoms with Gasteiger partial charge in [0.2, 0.25) is 0 Å². The van der Waals surface area contributed by atoms with Crippen molar-refractivity contribution in [2.24, 2.45) is 0 Å². The third-order valence-corrected chi connectivity index (χ3v) is 4.80. The van der Waals surface area contributed by atoms with E-state index < -0.39 is 0 Å². The minimum Gasteiger partial charge on any atom is -0.493 e. The van der Waals surface area contributed by atoms with Crippen molar-refractivity contribution in [3.63, 3.8) is 0 Å². The monoisotopic (exact) mass is 345 g/mol. The van der Waals surface area contributed by atoms with E-state index in [1.165, 1.54) is 0 Å². The molecule has 0 spiro atoms. The van der Waals surface area contributed by atoms with E-state index in [0.29, 0.717) is 11.5 Å². The highest BCUT2D eigenvalue weighted by molar-refractivity contribution is 7.15. The van der Waals surface area contributed by atoms with Crippen LogP contribution in [-0.2, 0) is 0 Å². The van der Waals surface area contributed by atoms with Gasteiger partial charge in [-0.2, -0.15) is 0 Å². The topological polar surface area (TPSA) is 31.4 Å². The zero-order valence-corrected chi connectivity index (χ0v) is 14.7. The fraction of sp³-hybridized carbons (Fsp3) is 0.167. The quantitative estimate of drug-likeness (QED) is 0.629. The van der Waals surface area contributed by atoms with Crippen molar-refractivity contribution in [2.75, 3.05) is 14.2 Å². The molecule has 5 heteroatoms. The molecule has 1 aromatic heterocycles. The summed E-state index contributed by atoms with van der Waals surface area (Å²) in [5.74, 6) is 1.40. The second kappa shape index (κ2) is 6.60. The van der Waals surface area contributed by atoms with Gasteiger partial charge >= 0.3 is 0 Å². The molecule has 1 heterocycles. The Kier molecular flexibility index (Phi) is 4.55. The molecule has 0 saturated heterocycles. The predicted molar refractivity (Wildman–Crippen MR) is 95.8 cm³/mol. The number of hydrogen-bond acceptors (Lipinski definition) is 4. The van der Waals surface area contributed by atoms with Crippen LogP contribution < -0.4 is 9.47 Å². The number of methoxy groups -OCH3 is 2. The summed E-state index contributed by atoms with van der Waals surface area (Å²) in [6.45, 7) is 2.07. The Morgan fingerprint density at radius 2 is 1.74 bits per heavy atom. The minimum absolute atomic E-state index is 0.700. The number of benzene rings is 2. The highest BCUT2D eigenvalue weighted by Crippen LogP contribution is 2.41. The number of para-hydroxylation sites is 1. The largest absolute Gasteiger partial charge is 0.493 e. The van der Waals surface area contributed by atoms with Gasteiger partial charge in [0.15, 0.2) is 11.5 Å². The fourth-order valence-corrected chi connectivity index (χ4v) is 3.53. The van der Waals surface area contributed by atoms with E-state index in [9.17, 15) is 0 Å². The molecule has 3 rings (SSSR count). The Morgan fingerprint density at radius 1 is 1.00 bits per heavy atom. The molecule has 2 aromatic carbocycles. The van der Waals surface area contributed by atoms with E-state index in [2.05, 4.69) is 6.92 Å². The molecule has 3 nitrogen and oxygen atoms in total. The van der Waals surface area contributed by atoms with Crippen molar-refractivity contribution in [1.82, 2.24) is 4.98 Å². The highest BCUT2D eigenvalue weighted by atomic mass is 35.5. The maximum atomic E-state index is 5.96. The lowest BCUT2D eigenvalue weighted by Gasteiger charge is -2.10. The van der Waals surface area contributed by atoms with Gasteiger partial charge < -0.3 is 9.47 Å². The molecule has 0 saturated carbocycles. The third-order valence-electron chi connectivity index (χ3n) is 3.55. The van der Waals surface area contributed by atoms with Crippen LogP contribution >= 0.6 is 22.9 Å². The molecule has 23 heavy (non-hydrogen) atoms. The van der Waals surface area contributed by atoms with E-state index in [4.69, 9.17) is 26.1 Å². The maximum absolute atomic E-state index is 5.96. The van der Waals surface area contributed by atoms with E-state index in [0.717, 1.165) is 31.7 Å². The lowest BCUT2D eigenvalue weighted by Crippen LogP contribution is -1.92. The summed E-state index contributed by atoms with van der Waals surface area (Å²) in [4.78, 5) is 5.95. The van der Waals surface area contributed by atoms with Crippen LogP contribution in [0.25, 0.3) is 21.8 Å². The first kappa shape index (κ1) is 15.8. The van der Waals surface area contributed by atoms with Crippen LogP contribution in [0.15, 0.2) is 42.5 Å². The fourth-order valence-electron chi connectivity index (χ4n) is 2.44. The number of aromatic nitrogens is 1. The Labute approximate surface area is 144 Å². The van der Waals surface area contributed by atoms with Gasteiger partial charge in [0.05, 0.1) is 25.5 Å². The molecule has 0 amide bonds. The average Bonchev–Trinajstić information content (AvgIpc) is 2.96. The van der Waals surface area contributed by atoms with Crippen LogP contribution in [0, 0.1) is 6.92 Å². The van der Waals surface area contributed by atoms with Gasteiger partial charge in [0.1, 0.15) is 5.01 Å². The second-order valence-electron chi connectivity index (χ2n) is 4.97. The van der Waals surface area contributed by atoms with Gasteiger partial charge in [-0.05, 0) is 31.2 Å². The lowest BCUT2D eigenvalue weighted by molar-refractivity contribution is 0.356. The number of hydrogen-bond donors (Lipinski definition) is 0.